The van der Waals surface area contributed by atoms with Gasteiger partial charge in [-0.05, 0) is 67.5 Å². The van der Waals surface area contributed by atoms with Crippen LogP contribution in [0.2, 0.25) is 0 Å². The molecule has 0 spiro atoms. The molecule has 0 bridgehead atoms. The Kier molecular flexibility index (Phi) is 8.19. The van der Waals surface area contributed by atoms with E-state index in [1.165, 1.54) is 59.9 Å². The predicted octanol–water partition coefficient (Wildman–Crippen LogP) is 8.36. The number of benzene rings is 2. The Hall–Kier alpha value is -2.48. The molecule has 2 heteroatoms. The molecule has 1 aliphatic heterocycles. The third-order valence-electron chi connectivity index (χ3n) is 6.00. The SMILES string of the molecule is CCCCCc1cccc(C2=CC(CC)=C(c3cccc(CCCCC)c3)[N+]2=[N-])c1. The first kappa shape index (κ1) is 22.2. The van der Waals surface area contributed by atoms with Gasteiger partial charge < -0.3 is 5.53 Å². The van der Waals surface area contributed by atoms with Crippen molar-refractivity contribution in [2.45, 2.75) is 78.6 Å². The van der Waals surface area contributed by atoms with Crippen molar-refractivity contribution < 1.29 is 4.70 Å². The highest BCUT2D eigenvalue weighted by Crippen LogP contribution is 2.37. The summed E-state index contributed by atoms with van der Waals surface area (Å²) < 4.78 is 1.41. The molecule has 0 atom stereocenters. The zero-order valence-corrected chi connectivity index (χ0v) is 19.0. The smallest absolute Gasteiger partial charge is 0.210 e. The first-order valence-electron chi connectivity index (χ1n) is 11.8. The number of hydrogen-bond donors (Lipinski definition) is 0. The van der Waals surface area contributed by atoms with Crippen LogP contribution >= 0.6 is 0 Å². The third-order valence-corrected chi connectivity index (χ3v) is 6.00. The molecule has 1 aliphatic rings. The molecule has 0 saturated carbocycles. The van der Waals surface area contributed by atoms with E-state index in [2.05, 4.69) is 75.4 Å². The van der Waals surface area contributed by atoms with Crippen LogP contribution in [0, 0.1) is 0 Å². The summed E-state index contributed by atoms with van der Waals surface area (Å²) in [4.78, 5) is 0. The van der Waals surface area contributed by atoms with Crippen LogP contribution in [0.25, 0.3) is 16.9 Å². The van der Waals surface area contributed by atoms with Crippen LogP contribution in [0.5, 0.6) is 0 Å². The fourth-order valence-electron chi connectivity index (χ4n) is 4.25. The molecule has 2 aromatic carbocycles. The maximum Gasteiger partial charge on any atom is 0.210 e. The monoisotopic (exact) mass is 400 g/mol. The van der Waals surface area contributed by atoms with Crippen molar-refractivity contribution in [2.75, 3.05) is 0 Å². The lowest BCUT2D eigenvalue weighted by Gasteiger charge is -2.11. The van der Waals surface area contributed by atoms with Crippen molar-refractivity contribution in [1.82, 2.24) is 0 Å². The molecule has 0 aromatic heterocycles. The van der Waals surface area contributed by atoms with Gasteiger partial charge in [-0.3, -0.25) is 0 Å². The highest BCUT2D eigenvalue weighted by Gasteiger charge is 2.28. The maximum absolute atomic E-state index is 11.2. The number of unbranched alkanes of at least 4 members (excludes halogenated alkanes) is 4. The van der Waals surface area contributed by atoms with E-state index in [0.29, 0.717) is 0 Å². The van der Waals surface area contributed by atoms with Gasteiger partial charge in [0.2, 0.25) is 11.4 Å². The van der Waals surface area contributed by atoms with Crippen LogP contribution in [0.3, 0.4) is 0 Å². The van der Waals surface area contributed by atoms with Crippen LogP contribution in [0.1, 0.15) is 88.0 Å². The van der Waals surface area contributed by atoms with E-state index < -0.39 is 0 Å². The van der Waals surface area contributed by atoms with Crippen LogP contribution < -0.4 is 0 Å². The molecule has 0 unspecified atom stereocenters. The molecular formula is C28H36N2. The minimum atomic E-state index is 0.885. The van der Waals surface area contributed by atoms with Crippen molar-refractivity contribution >= 4 is 11.4 Å². The molecule has 30 heavy (non-hydrogen) atoms. The largest absolute Gasteiger partial charge is 0.493 e. The zero-order chi connectivity index (χ0) is 21.3. The molecular weight excluding hydrogens is 364 g/mol. The van der Waals surface area contributed by atoms with Crippen molar-refractivity contribution in [3.63, 3.8) is 0 Å². The van der Waals surface area contributed by atoms with E-state index >= 15 is 0 Å². The number of allylic oxidation sites excluding steroid dienone is 2. The van der Waals surface area contributed by atoms with Gasteiger partial charge in [0, 0.05) is 22.8 Å². The highest BCUT2D eigenvalue weighted by atomic mass is 15.2. The van der Waals surface area contributed by atoms with Gasteiger partial charge >= 0.3 is 0 Å². The predicted molar refractivity (Wildman–Crippen MR) is 128 cm³/mol. The van der Waals surface area contributed by atoms with Gasteiger partial charge in [-0.1, -0.05) is 70.7 Å². The Bertz CT molecular complexity index is 933. The zero-order valence-electron chi connectivity index (χ0n) is 19.0. The molecule has 0 N–H and O–H groups in total. The fourth-order valence-corrected chi connectivity index (χ4v) is 4.25. The van der Waals surface area contributed by atoms with E-state index in [0.717, 1.165) is 41.8 Å². The van der Waals surface area contributed by atoms with E-state index in [4.69, 9.17) is 0 Å². The average molecular weight is 401 g/mol. The molecule has 0 amide bonds. The molecule has 0 fully saturated rings. The fraction of sp³-hybridized carbons (Fsp3) is 0.429. The summed E-state index contributed by atoms with van der Waals surface area (Å²) in [6.07, 6.45) is 12.7. The van der Waals surface area contributed by atoms with Crippen molar-refractivity contribution in [3.05, 3.63) is 88.0 Å². The number of hydrogen-bond acceptors (Lipinski definition) is 0. The van der Waals surface area contributed by atoms with Gasteiger partial charge in [-0.15, -0.1) is 0 Å². The van der Waals surface area contributed by atoms with E-state index in [9.17, 15) is 5.53 Å². The first-order valence-corrected chi connectivity index (χ1v) is 11.8. The number of nitrogens with zero attached hydrogens (tertiary/aromatic N) is 2. The van der Waals surface area contributed by atoms with Crippen LogP contribution in [-0.2, 0) is 12.8 Å². The highest BCUT2D eigenvalue weighted by molar-refractivity contribution is 5.78. The second-order valence-electron chi connectivity index (χ2n) is 8.38. The molecule has 0 aliphatic carbocycles. The minimum absolute atomic E-state index is 0.885. The normalized spacial score (nSPS) is 13.8. The van der Waals surface area contributed by atoms with Crippen molar-refractivity contribution in [1.29, 1.82) is 0 Å². The maximum atomic E-state index is 11.2. The molecule has 158 valence electrons. The van der Waals surface area contributed by atoms with Crippen molar-refractivity contribution in [2.24, 2.45) is 0 Å². The van der Waals surface area contributed by atoms with E-state index in [1.807, 2.05) is 0 Å². The van der Waals surface area contributed by atoms with Gasteiger partial charge in [0.1, 0.15) is 0 Å². The first-order chi connectivity index (χ1) is 14.7. The summed E-state index contributed by atoms with van der Waals surface area (Å²) in [7, 11) is 0. The summed E-state index contributed by atoms with van der Waals surface area (Å²) >= 11 is 0. The van der Waals surface area contributed by atoms with Crippen molar-refractivity contribution in [3.8, 4) is 0 Å². The lowest BCUT2D eigenvalue weighted by atomic mass is 10.0. The summed E-state index contributed by atoms with van der Waals surface area (Å²) in [5, 5.41) is 0. The lowest BCUT2D eigenvalue weighted by molar-refractivity contribution is -0.344. The van der Waals surface area contributed by atoms with E-state index in [1.54, 1.807) is 0 Å². The molecule has 0 radical (unpaired) electrons. The Morgan fingerprint density at radius 1 is 0.733 bits per heavy atom. The molecule has 0 saturated heterocycles. The van der Waals surface area contributed by atoms with Crippen LogP contribution in [0.15, 0.2) is 60.2 Å². The Morgan fingerprint density at radius 3 is 1.87 bits per heavy atom. The summed E-state index contributed by atoms with van der Waals surface area (Å²) in [5.41, 5.74) is 19.1. The second kappa shape index (κ2) is 11.1. The van der Waals surface area contributed by atoms with Gasteiger partial charge in [-0.2, -0.15) is 0 Å². The average Bonchev–Trinajstić information content (AvgIpc) is 3.11. The Balaban J connectivity index is 1.83. The van der Waals surface area contributed by atoms with E-state index in [-0.39, 0.29) is 0 Å². The summed E-state index contributed by atoms with van der Waals surface area (Å²) in [5.74, 6) is 0. The van der Waals surface area contributed by atoms with Gasteiger partial charge in [-0.25, -0.2) is 4.70 Å². The molecule has 2 nitrogen and oxygen atoms in total. The number of rotatable bonds is 11. The minimum Gasteiger partial charge on any atom is -0.493 e. The second-order valence-corrected chi connectivity index (χ2v) is 8.38. The Morgan fingerprint density at radius 2 is 1.30 bits per heavy atom. The van der Waals surface area contributed by atoms with Gasteiger partial charge in [0.05, 0.1) is 0 Å². The quantitative estimate of drug-likeness (QED) is 0.267. The van der Waals surface area contributed by atoms with Crippen LogP contribution in [-0.4, -0.2) is 4.70 Å². The van der Waals surface area contributed by atoms with Gasteiger partial charge in [0.15, 0.2) is 0 Å². The number of aryl methyl sites for hydroxylation is 2. The third kappa shape index (κ3) is 5.36. The topological polar surface area (TPSA) is 25.3 Å². The molecule has 1 heterocycles. The lowest BCUT2D eigenvalue weighted by Crippen LogP contribution is -2.03. The van der Waals surface area contributed by atoms with Crippen LogP contribution in [0.4, 0.5) is 0 Å². The van der Waals surface area contributed by atoms with Gasteiger partial charge in [0.25, 0.3) is 0 Å². The standard InChI is InChI=1S/C28H36N2/c1-4-7-9-13-22-15-11-17-25(19-22)27-21-24(6-3)28(30(27)29)26-18-12-16-23(20-26)14-10-8-5-2/h11-12,15-21H,4-10,13-14H2,1-3H3. The summed E-state index contributed by atoms with van der Waals surface area (Å²) in [6.45, 7) is 6.64. The summed E-state index contributed by atoms with van der Waals surface area (Å²) in [6, 6.07) is 17.4. The molecule has 2 aromatic rings. The Labute approximate surface area is 182 Å². The molecule has 3 rings (SSSR count).